The number of halogens is 1. The van der Waals surface area contributed by atoms with E-state index >= 15 is 0 Å². The second-order valence-electron chi connectivity index (χ2n) is 6.36. The first kappa shape index (κ1) is 19.3. The molecule has 30 heavy (non-hydrogen) atoms. The van der Waals surface area contributed by atoms with Crippen molar-refractivity contribution in [3.63, 3.8) is 0 Å². The van der Waals surface area contributed by atoms with E-state index in [4.69, 9.17) is 4.74 Å². The zero-order valence-corrected chi connectivity index (χ0v) is 16.0. The van der Waals surface area contributed by atoms with Gasteiger partial charge in [-0.25, -0.2) is 14.2 Å². The Morgan fingerprint density at radius 2 is 1.83 bits per heavy atom. The number of nitrogens with one attached hydrogen (secondary N) is 1. The molecule has 8 heteroatoms. The third-order valence-corrected chi connectivity index (χ3v) is 4.40. The van der Waals surface area contributed by atoms with Crippen LogP contribution in [0.15, 0.2) is 66.9 Å². The zero-order valence-electron chi connectivity index (χ0n) is 16.0. The maximum Gasteiger partial charge on any atom is 0.343 e. The van der Waals surface area contributed by atoms with Gasteiger partial charge in [0.2, 0.25) is 0 Å². The molecule has 0 saturated heterocycles. The first-order valence-corrected chi connectivity index (χ1v) is 9.25. The lowest BCUT2D eigenvalue weighted by molar-refractivity contribution is 0.0527. The molecule has 0 fully saturated rings. The first-order valence-electron chi connectivity index (χ1n) is 9.25. The van der Waals surface area contributed by atoms with Crippen LogP contribution < -0.4 is 5.32 Å². The molecule has 0 aliphatic heterocycles. The third-order valence-electron chi connectivity index (χ3n) is 4.40. The van der Waals surface area contributed by atoms with E-state index in [9.17, 15) is 14.0 Å². The highest BCUT2D eigenvalue weighted by atomic mass is 19.1. The van der Waals surface area contributed by atoms with Gasteiger partial charge in [0, 0.05) is 10.9 Å². The Morgan fingerprint density at radius 3 is 2.60 bits per heavy atom. The number of hydrogen-bond donors (Lipinski definition) is 1. The number of carbonyl (C=O) groups excluding carboxylic acids is 2. The second kappa shape index (κ2) is 8.12. The lowest BCUT2D eigenvalue weighted by Gasteiger charge is -2.11. The normalized spacial score (nSPS) is 10.7. The van der Waals surface area contributed by atoms with Crippen LogP contribution in [-0.4, -0.2) is 33.2 Å². The number of esters is 1. The Morgan fingerprint density at radius 1 is 1.07 bits per heavy atom. The van der Waals surface area contributed by atoms with Crippen molar-refractivity contribution < 1.29 is 18.7 Å². The van der Waals surface area contributed by atoms with Crippen molar-refractivity contribution in [2.45, 2.75) is 6.92 Å². The third kappa shape index (κ3) is 3.75. The topological polar surface area (TPSA) is 86.1 Å². The molecule has 0 aliphatic carbocycles. The van der Waals surface area contributed by atoms with Gasteiger partial charge >= 0.3 is 5.97 Å². The Bertz CT molecular complexity index is 1230. The van der Waals surface area contributed by atoms with Crippen LogP contribution >= 0.6 is 0 Å². The van der Waals surface area contributed by atoms with E-state index < -0.39 is 17.7 Å². The second-order valence-corrected chi connectivity index (χ2v) is 6.36. The van der Waals surface area contributed by atoms with Crippen molar-refractivity contribution in [1.29, 1.82) is 0 Å². The summed E-state index contributed by atoms with van der Waals surface area (Å²) in [5.74, 6) is -1.07. The highest BCUT2D eigenvalue weighted by Gasteiger charge is 2.22. The summed E-state index contributed by atoms with van der Waals surface area (Å²) in [6.45, 7) is 1.85. The van der Waals surface area contributed by atoms with Crippen LogP contribution in [0.1, 0.15) is 27.6 Å². The van der Waals surface area contributed by atoms with Gasteiger partial charge in [-0.1, -0.05) is 18.2 Å². The largest absolute Gasteiger partial charge is 0.462 e. The molecular weight excluding hydrogens is 387 g/mol. The summed E-state index contributed by atoms with van der Waals surface area (Å²) in [4.78, 5) is 29.7. The summed E-state index contributed by atoms with van der Waals surface area (Å²) >= 11 is 0. The molecular formula is C22H17FN4O3. The number of ether oxygens (including phenoxy) is 1. The van der Waals surface area contributed by atoms with E-state index in [2.05, 4.69) is 15.4 Å². The fourth-order valence-corrected chi connectivity index (χ4v) is 2.95. The van der Waals surface area contributed by atoms with Gasteiger partial charge in [-0.2, -0.15) is 9.78 Å². The Balaban J connectivity index is 1.77. The lowest BCUT2D eigenvalue weighted by atomic mass is 10.2. The monoisotopic (exact) mass is 404 g/mol. The molecule has 150 valence electrons. The quantitative estimate of drug-likeness (QED) is 0.509. The number of aromatic nitrogens is 3. The molecule has 0 atom stereocenters. The Kier molecular flexibility index (Phi) is 5.21. The smallest absolute Gasteiger partial charge is 0.343 e. The van der Waals surface area contributed by atoms with Crippen LogP contribution in [0.4, 0.5) is 10.2 Å². The maximum atomic E-state index is 13.2. The number of benzene rings is 2. The minimum atomic E-state index is -0.626. The van der Waals surface area contributed by atoms with Crippen molar-refractivity contribution in [2.24, 2.45) is 0 Å². The molecule has 0 bridgehead atoms. The van der Waals surface area contributed by atoms with Gasteiger partial charge in [-0.3, -0.25) is 4.79 Å². The molecule has 7 nitrogen and oxygen atoms in total. The predicted molar refractivity (Wildman–Crippen MR) is 109 cm³/mol. The number of carbonyl (C=O) groups is 2. The highest BCUT2D eigenvalue weighted by Crippen LogP contribution is 2.23. The molecule has 4 aromatic rings. The van der Waals surface area contributed by atoms with Crippen molar-refractivity contribution in [2.75, 3.05) is 11.9 Å². The van der Waals surface area contributed by atoms with Crippen LogP contribution in [0, 0.1) is 5.82 Å². The summed E-state index contributed by atoms with van der Waals surface area (Å²) in [5, 5.41) is 7.86. The SMILES string of the molecule is CCOC(=O)c1cnn(-c2ccc3ccccc3n2)c1NC(=O)c1ccc(F)cc1. The van der Waals surface area contributed by atoms with E-state index in [1.165, 1.54) is 35.1 Å². The minimum absolute atomic E-state index is 0.0854. The highest BCUT2D eigenvalue weighted by molar-refractivity contribution is 6.07. The van der Waals surface area contributed by atoms with Crippen LogP contribution in [0.2, 0.25) is 0 Å². The number of rotatable bonds is 5. The van der Waals surface area contributed by atoms with E-state index in [1.54, 1.807) is 13.0 Å². The Labute approximate surface area is 171 Å². The van der Waals surface area contributed by atoms with E-state index in [1.807, 2.05) is 30.3 Å². The van der Waals surface area contributed by atoms with Gasteiger partial charge in [-0.05, 0) is 49.4 Å². The number of anilines is 1. The zero-order chi connectivity index (χ0) is 21.1. The van der Waals surface area contributed by atoms with Gasteiger partial charge in [0.1, 0.15) is 11.4 Å². The molecule has 2 aromatic carbocycles. The molecule has 0 spiro atoms. The van der Waals surface area contributed by atoms with Crippen LogP contribution in [0.5, 0.6) is 0 Å². The molecule has 0 aliphatic rings. The maximum absolute atomic E-state index is 13.2. The molecule has 1 amide bonds. The van der Waals surface area contributed by atoms with Crippen LogP contribution in [0.3, 0.4) is 0 Å². The van der Waals surface area contributed by atoms with Crippen LogP contribution in [0.25, 0.3) is 16.7 Å². The molecule has 4 rings (SSSR count). The summed E-state index contributed by atoms with van der Waals surface area (Å²) < 4.78 is 19.6. The van der Waals surface area contributed by atoms with Gasteiger partial charge in [-0.15, -0.1) is 0 Å². The standard InChI is InChI=1S/C22H17FN4O3/c1-2-30-22(29)17-13-24-27(19-12-9-14-5-3-4-6-18(14)25-19)20(17)26-21(28)15-7-10-16(23)11-8-15/h3-13H,2H2,1H3,(H,26,28). The summed E-state index contributed by atoms with van der Waals surface area (Å²) in [5.41, 5.74) is 1.05. The number of para-hydroxylation sites is 1. The fraction of sp³-hybridized carbons (Fsp3) is 0.0909. The number of nitrogens with zero attached hydrogens (tertiary/aromatic N) is 3. The first-order chi connectivity index (χ1) is 14.6. The predicted octanol–water partition coefficient (Wildman–Crippen LogP) is 3.99. The van der Waals surface area contributed by atoms with Gasteiger partial charge in [0.05, 0.1) is 18.3 Å². The molecule has 2 aromatic heterocycles. The van der Waals surface area contributed by atoms with Gasteiger partial charge in [0.15, 0.2) is 11.6 Å². The van der Waals surface area contributed by atoms with E-state index in [0.29, 0.717) is 5.82 Å². The number of hydrogen-bond acceptors (Lipinski definition) is 5. The van der Waals surface area contributed by atoms with E-state index in [-0.39, 0.29) is 23.6 Å². The summed E-state index contributed by atoms with van der Waals surface area (Å²) in [6.07, 6.45) is 1.31. The minimum Gasteiger partial charge on any atom is -0.462 e. The number of pyridine rings is 1. The summed E-state index contributed by atoms with van der Waals surface area (Å²) in [7, 11) is 0. The van der Waals surface area contributed by atoms with E-state index in [0.717, 1.165) is 10.9 Å². The van der Waals surface area contributed by atoms with Crippen molar-refractivity contribution in [1.82, 2.24) is 14.8 Å². The molecule has 1 N–H and O–H groups in total. The average molecular weight is 404 g/mol. The number of fused-ring (bicyclic) bond motifs is 1. The number of amides is 1. The lowest BCUT2D eigenvalue weighted by Crippen LogP contribution is -2.18. The fourth-order valence-electron chi connectivity index (χ4n) is 2.95. The summed E-state index contributed by atoms with van der Waals surface area (Å²) in [6, 6.07) is 16.2. The van der Waals surface area contributed by atoms with Crippen molar-refractivity contribution in [3.8, 4) is 5.82 Å². The molecule has 0 saturated carbocycles. The average Bonchev–Trinajstić information content (AvgIpc) is 3.17. The van der Waals surface area contributed by atoms with Crippen molar-refractivity contribution in [3.05, 3.63) is 83.8 Å². The Hall–Kier alpha value is -4.07. The van der Waals surface area contributed by atoms with Gasteiger partial charge in [0.25, 0.3) is 5.91 Å². The van der Waals surface area contributed by atoms with Gasteiger partial charge < -0.3 is 10.1 Å². The molecule has 2 heterocycles. The van der Waals surface area contributed by atoms with Crippen molar-refractivity contribution >= 4 is 28.6 Å². The molecule has 0 unspecified atom stereocenters. The molecule has 0 radical (unpaired) electrons. The van der Waals surface area contributed by atoms with Crippen LogP contribution in [-0.2, 0) is 4.74 Å².